The Labute approximate surface area is 228 Å². The number of aromatic nitrogens is 4. The minimum atomic E-state index is -4.51. The molecule has 4 aromatic rings. The number of nitrogens with zero attached hydrogens (tertiary/aromatic N) is 5. The van der Waals surface area contributed by atoms with Crippen LogP contribution in [-0.4, -0.2) is 51.0 Å². The number of carbonyl (C=O) groups excluding carboxylic acids is 2. The number of benzene rings is 1. The van der Waals surface area contributed by atoms with Crippen LogP contribution in [0.15, 0.2) is 48.9 Å². The van der Waals surface area contributed by atoms with Gasteiger partial charge in [-0.2, -0.15) is 0 Å². The summed E-state index contributed by atoms with van der Waals surface area (Å²) in [7, 11) is -4.51. The molecule has 6 rings (SSSR count). The van der Waals surface area contributed by atoms with E-state index in [1.807, 2.05) is 0 Å². The van der Waals surface area contributed by atoms with E-state index in [1.165, 1.54) is 24.5 Å². The van der Waals surface area contributed by atoms with Crippen LogP contribution in [0.3, 0.4) is 0 Å². The number of fused-ring (bicyclic) bond motifs is 2. The third kappa shape index (κ3) is 4.22. The van der Waals surface area contributed by atoms with Crippen LogP contribution < -0.4 is 19.4 Å². The summed E-state index contributed by atoms with van der Waals surface area (Å²) in [6.07, 6.45) is 6.05. The third-order valence-corrected chi connectivity index (χ3v) is 7.28. The number of carbonyl (C=O) groups is 2. The van der Waals surface area contributed by atoms with Gasteiger partial charge in [-0.05, 0) is 50.0 Å². The van der Waals surface area contributed by atoms with Crippen LogP contribution >= 0.6 is 0 Å². The summed E-state index contributed by atoms with van der Waals surface area (Å²) in [5, 5.41) is 2.60. The second-order valence-electron chi connectivity index (χ2n) is 8.94. The first-order valence-corrected chi connectivity index (χ1v) is 13.5. The molecule has 0 unspecified atom stereocenters. The summed E-state index contributed by atoms with van der Waals surface area (Å²) in [6, 6.07) is 7.44. The lowest BCUT2D eigenvalue weighted by Crippen LogP contribution is -2.30. The largest absolute Gasteiger partial charge is 0.501 e. The van der Waals surface area contributed by atoms with Crippen LogP contribution in [0.1, 0.15) is 42.0 Å². The van der Waals surface area contributed by atoms with Crippen molar-refractivity contribution in [3.63, 3.8) is 0 Å². The van der Waals surface area contributed by atoms with Gasteiger partial charge < -0.3 is 24.3 Å². The number of amides is 2. The van der Waals surface area contributed by atoms with Crippen molar-refractivity contribution in [2.24, 2.45) is 0 Å². The van der Waals surface area contributed by atoms with Gasteiger partial charge in [-0.1, -0.05) is 12.0 Å². The van der Waals surface area contributed by atoms with Crippen LogP contribution in [0, 0.1) is 11.8 Å². The Morgan fingerprint density at radius 2 is 1.95 bits per heavy atom. The van der Waals surface area contributed by atoms with Crippen molar-refractivity contribution in [3.8, 4) is 34.6 Å². The molecule has 0 bridgehead atoms. The Bertz CT molecular complexity index is 1860. The normalized spacial score (nSPS) is 16.9. The highest BCUT2D eigenvalue weighted by Crippen LogP contribution is 2.48. The smallest absolute Gasteiger partial charge is 0.382 e. The number of hydrogen-bond donors (Lipinski definition) is 2. The molecule has 13 nitrogen and oxygen atoms in total. The van der Waals surface area contributed by atoms with Gasteiger partial charge in [0.25, 0.3) is 11.8 Å². The highest BCUT2D eigenvalue weighted by molar-refractivity contribution is 7.82. The lowest BCUT2D eigenvalue weighted by molar-refractivity contribution is -0.126. The molecule has 0 aliphatic carbocycles. The average molecular weight is 560 g/mol. The highest BCUT2D eigenvalue weighted by atomic mass is 32.3. The number of hydrogen-bond acceptors (Lipinski definition) is 10. The molecule has 0 saturated carbocycles. The first kappa shape index (κ1) is 25.1. The van der Waals surface area contributed by atoms with E-state index < -0.39 is 22.3 Å². The molecular formula is C26H21N7O6S. The number of pyridine rings is 1. The first-order valence-electron chi connectivity index (χ1n) is 12.2. The monoisotopic (exact) mass is 559 g/mol. The van der Waals surface area contributed by atoms with Crippen LogP contribution in [-0.2, 0) is 15.2 Å². The predicted molar refractivity (Wildman–Crippen MR) is 142 cm³/mol. The summed E-state index contributed by atoms with van der Waals surface area (Å²) in [5.41, 5.74) is 7.01. The van der Waals surface area contributed by atoms with E-state index >= 15 is 0 Å². The molecule has 2 amide bonds. The lowest BCUT2D eigenvalue weighted by atomic mass is 10.0. The molecule has 2 aliphatic heterocycles. The van der Waals surface area contributed by atoms with Crippen LogP contribution in [0.5, 0.6) is 11.5 Å². The number of rotatable bonds is 4. The van der Waals surface area contributed by atoms with E-state index in [1.54, 1.807) is 40.6 Å². The number of anilines is 2. The zero-order valence-corrected chi connectivity index (χ0v) is 21.8. The molecule has 40 heavy (non-hydrogen) atoms. The molecular weight excluding hydrogens is 538 g/mol. The van der Waals surface area contributed by atoms with E-state index in [2.05, 4.69) is 27.1 Å². The predicted octanol–water partition coefficient (Wildman–Crippen LogP) is 2.33. The number of nitrogens with one attached hydrogen (secondary N) is 1. The SMILES string of the molecule is CC#CC(=O)N1CCC[C@H]1c1nc(-c2ccc(C(=O)Nc3ccccn3)c3c2OS(=O)(=O)O3)c2c(N)nccn12. The van der Waals surface area contributed by atoms with Gasteiger partial charge >= 0.3 is 10.4 Å². The topological polar surface area (TPSA) is 171 Å². The minimum absolute atomic E-state index is 0.0917. The van der Waals surface area contributed by atoms with E-state index in [0.717, 1.165) is 6.42 Å². The van der Waals surface area contributed by atoms with Crippen molar-refractivity contribution in [1.82, 2.24) is 24.3 Å². The Morgan fingerprint density at radius 1 is 1.12 bits per heavy atom. The van der Waals surface area contributed by atoms with E-state index in [4.69, 9.17) is 19.1 Å². The Balaban J connectivity index is 1.50. The standard InChI is InChI=1S/C26H21N7O6S/c1-2-6-19(34)32-13-5-7-17(32)25-31-20(21-24(27)29-12-14-33(21)25)15-9-10-16(23-22(15)38-40(36,37)39-23)26(35)30-18-8-3-4-11-28-18/h3-4,8-12,14,17H,5,7,13H2,1H3,(H2,27,29)(H,28,30,35)/t17-/m0/s1. The van der Waals surface area contributed by atoms with Crippen molar-refractivity contribution in [1.29, 1.82) is 0 Å². The maximum atomic E-state index is 13.1. The number of imidazole rings is 1. The maximum Gasteiger partial charge on any atom is 0.501 e. The van der Waals surface area contributed by atoms with Crippen LogP contribution in [0.2, 0.25) is 0 Å². The second kappa shape index (κ2) is 9.54. The van der Waals surface area contributed by atoms with Gasteiger partial charge in [-0.3, -0.25) is 14.0 Å². The van der Waals surface area contributed by atoms with Gasteiger partial charge in [0.2, 0.25) is 5.75 Å². The quantitative estimate of drug-likeness (QED) is 0.354. The molecule has 1 aromatic carbocycles. The molecule has 2 aliphatic rings. The molecule has 5 heterocycles. The zero-order chi connectivity index (χ0) is 28.0. The Kier molecular flexibility index (Phi) is 6.00. The summed E-state index contributed by atoms with van der Waals surface area (Å²) in [6.45, 7) is 2.10. The number of likely N-dealkylation sites (tertiary alicyclic amines) is 1. The summed E-state index contributed by atoms with van der Waals surface area (Å²) in [4.78, 5) is 40.5. The number of nitrogens with two attached hydrogens (primary N) is 1. The van der Waals surface area contributed by atoms with Gasteiger partial charge in [0, 0.05) is 25.1 Å². The molecule has 202 valence electrons. The number of nitrogen functional groups attached to an aromatic ring is 1. The molecule has 1 saturated heterocycles. The molecule has 3 aromatic heterocycles. The lowest BCUT2D eigenvalue weighted by Gasteiger charge is -2.21. The summed E-state index contributed by atoms with van der Waals surface area (Å²) in [5.74, 6) is 4.59. The molecule has 3 N–H and O–H groups in total. The van der Waals surface area contributed by atoms with E-state index in [-0.39, 0.29) is 45.9 Å². The van der Waals surface area contributed by atoms with Gasteiger partial charge in [0.05, 0.1) is 17.2 Å². The van der Waals surface area contributed by atoms with E-state index in [0.29, 0.717) is 24.3 Å². The van der Waals surface area contributed by atoms with Gasteiger partial charge in [-0.15, -0.1) is 8.42 Å². The van der Waals surface area contributed by atoms with Crippen molar-refractivity contribution in [2.75, 3.05) is 17.6 Å². The maximum absolute atomic E-state index is 13.1. The average Bonchev–Trinajstić information content (AvgIpc) is 3.63. The fourth-order valence-electron chi connectivity index (χ4n) is 4.90. The fourth-order valence-corrected chi connectivity index (χ4v) is 5.67. The minimum Gasteiger partial charge on any atom is -0.382 e. The van der Waals surface area contributed by atoms with Crippen molar-refractivity contribution in [2.45, 2.75) is 25.8 Å². The van der Waals surface area contributed by atoms with Gasteiger partial charge in [0.1, 0.15) is 28.7 Å². The molecule has 14 heteroatoms. The molecule has 0 radical (unpaired) electrons. The fraction of sp³-hybridized carbons (Fsp3) is 0.192. The first-order chi connectivity index (χ1) is 19.3. The molecule has 1 atom stereocenters. The highest BCUT2D eigenvalue weighted by Gasteiger charge is 2.39. The molecule has 0 spiro atoms. The van der Waals surface area contributed by atoms with Gasteiger partial charge in [-0.25, -0.2) is 15.0 Å². The zero-order valence-electron chi connectivity index (χ0n) is 21.0. The van der Waals surface area contributed by atoms with Crippen molar-refractivity contribution >= 4 is 39.4 Å². The Morgan fingerprint density at radius 3 is 2.73 bits per heavy atom. The van der Waals surface area contributed by atoms with Crippen molar-refractivity contribution in [3.05, 3.63) is 60.3 Å². The van der Waals surface area contributed by atoms with Crippen LogP contribution in [0.4, 0.5) is 11.6 Å². The van der Waals surface area contributed by atoms with E-state index in [9.17, 15) is 18.0 Å². The second-order valence-corrected chi connectivity index (χ2v) is 10.1. The summed E-state index contributed by atoms with van der Waals surface area (Å²) < 4.78 is 36.8. The molecule has 1 fully saturated rings. The third-order valence-electron chi connectivity index (χ3n) is 6.54. The van der Waals surface area contributed by atoms with Crippen LogP contribution in [0.25, 0.3) is 16.8 Å². The van der Waals surface area contributed by atoms with Gasteiger partial charge in [0.15, 0.2) is 5.75 Å². The Hall–Kier alpha value is -5.16. The summed E-state index contributed by atoms with van der Waals surface area (Å²) >= 11 is 0. The van der Waals surface area contributed by atoms with Crippen molar-refractivity contribution < 1.29 is 26.4 Å².